The molecule has 41 valence electrons. The smallest absolute Gasteiger partial charge is 0.274 e. The molecule has 1 aliphatic rings. The molecule has 8 heavy (non-hydrogen) atoms. The SMILES string of the molecule is O=[C]N1C=NC=NC1. The van der Waals surface area contributed by atoms with Gasteiger partial charge in [0.25, 0.3) is 0 Å². The van der Waals surface area contributed by atoms with Crippen LogP contribution in [0.25, 0.3) is 0 Å². The van der Waals surface area contributed by atoms with Gasteiger partial charge in [-0.25, -0.2) is 4.99 Å². The largest absolute Gasteiger partial charge is 0.319 e. The van der Waals surface area contributed by atoms with Crippen LogP contribution in [-0.2, 0) is 4.79 Å². The third kappa shape index (κ3) is 0.900. The summed E-state index contributed by atoms with van der Waals surface area (Å²) in [6.45, 7) is 0.340. The lowest BCUT2D eigenvalue weighted by atomic mass is 10.8. The highest BCUT2D eigenvalue weighted by atomic mass is 16.1. The average Bonchev–Trinajstić information content (AvgIpc) is 1.90. The fourth-order valence-electron chi connectivity index (χ4n) is 0.371. The molecule has 0 aliphatic carbocycles. The molecular weight excluding hydrogens is 106 g/mol. The van der Waals surface area contributed by atoms with Crippen molar-refractivity contribution < 1.29 is 4.79 Å². The minimum atomic E-state index is 0.340. The van der Waals surface area contributed by atoms with Crippen molar-refractivity contribution in [3.05, 3.63) is 0 Å². The molecule has 0 unspecified atom stereocenters. The lowest BCUT2D eigenvalue weighted by Crippen LogP contribution is -2.22. The zero-order chi connectivity index (χ0) is 5.82. The number of amides is 1. The molecule has 1 rings (SSSR count). The van der Waals surface area contributed by atoms with E-state index in [0.29, 0.717) is 6.67 Å². The predicted molar refractivity (Wildman–Crippen MR) is 29.4 cm³/mol. The molecule has 0 saturated heterocycles. The van der Waals surface area contributed by atoms with Crippen molar-refractivity contribution in [1.82, 2.24) is 4.90 Å². The van der Waals surface area contributed by atoms with Crippen LogP contribution in [0.3, 0.4) is 0 Å². The maximum absolute atomic E-state index is 9.80. The zero-order valence-electron chi connectivity index (χ0n) is 4.11. The molecule has 4 nitrogen and oxygen atoms in total. The summed E-state index contributed by atoms with van der Waals surface area (Å²) in [5.74, 6) is 0. The van der Waals surface area contributed by atoms with Gasteiger partial charge < -0.3 is 0 Å². The highest BCUT2D eigenvalue weighted by Crippen LogP contribution is 1.82. The third-order valence-corrected chi connectivity index (χ3v) is 0.706. The molecule has 0 N–H and O–H groups in total. The predicted octanol–water partition coefficient (Wildman–Crippen LogP) is -0.617. The van der Waals surface area contributed by atoms with Crippen LogP contribution in [0.5, 0.6) is 0 Å². The van der Waals surface area contributed by atoms with Crippen molar-refractivity contribution in [2.45, 2.75) is 0 Å². The summed E-state index contributed by atoms with van der Waals surface area (Å²) in [5.41, 5.74) is 0. The Bertz CT molecular complexity index is 140. The van der Waals surface area contributed by atoms with Crippen LogP contribution in [0.4, 0.5) is 0 Å². The van der Waals surface area contributed by atoms with Crippen LogP contribution in [-0.4, -0.2) is 30.7 Å². The number of hydrogen-bond donors (Lipinski definition) is 0. The van der Waals surface area contributed by atoms with Gasteiger partial charge in [0.05, 0.1) is 0 Å². The normalized spacial score (nSPS) is 16.8. The van der Waals surface area contributed by atoms with E-state index in [1.54, 1.807) is 6.41 Å². The van der Waals surface area contributed by atoms with E-state index in [1.165, 1.54) is 17.6 Å². The van der Waals surface area contributed by atoms with E-state index in [1.807, 2.05) is 0 Å². The third-order valence-electron chi connectivity index (χ3n) is 0.706. The van der Waals surface area contributed by atoms with Crippen molar-refractivity contribution in [3.8, 4) is 0 Å². The van der Waals surface area contributed by atoms with Gasteiger partial charge in [-0.1, -0.05) is 0 Å². The van der Waals surface area contributed by atoms with Crippen LogP contribution in [0.2, 0.25) is 0 Å². The van der Waals surface area contributed by atoms with Crippen LogP contribution >= 0.6 is 0 Å². The van der Waals surface area contributed by atoms with Crippen LogP contribution in [0, 0.1) is 0 Å². The fraction of sp³-hybridized carbons (Fsp3) is 0.250. The minimum absolute atomic E-state index is 0.340. The van der Waals surface area contributed by atoms with Crippen molar-refractivity contribution in [3.63, 3.8) is 0 Å². The first-order valence-electron chi connectivity index (χ1n) is 2.09. The van der Waals surface area contributed by atoms with Gasteiger partial charge in [0, 0.05) is 0 Å². The van der Waals surface area contributed by atoms with E-state index >= 15 is 0 Å². The second-order valence-electron chi connectivity index (χ2n) is 1.27. The van der Waals surface area contributed by atoms with Gasteiger partial charge in [-0.3, -0.25) is 14.7 Å². The molecule has 0 aromatic heterocycles. The quantitative estimate of drug-likeness (QED) is 0.443. The maximum atomic E-state index is 9.80. The first kappa shape index (κ1) is 4.96. The fourth-order valence-corrected chi connectivity index (χ4v) is 0.371. The minimum Gasteiger partial charge on any atom is -0.274 e. The Balaban J connectivity index is 2.51. The van der Waals surface area contributed by atoms with E-state index < -0.39 is 0 Å². The van der Waals surface area contributed by atoms with Gasteiger partial charge in [-0.15, -0.1) is 0 Å². The van der Waals surface area contributed by atoms with E-state index in [9.17, 15) is 4.79 Å². The standard InChI is InChI=1S/C4H4N3O/c8-4-7-2-5-1-6-3-7/h1-2H,3H2. The summed E-state index contributed by atoms with van der Waals surface area (Å²) >= 11 is 0. The van der Waals surface area contributed by atoms with E-state index in [2.05, 4.69) is 9.98 Å². The summed E-state index contributed by atoms with van der Waals surface area (Å²) in [4.78, 5) is 18.3. The first-order chi connectivity index (χ1) is 3.93. The summed E-state index contributed by atoms with van der Waals surface area (Å²) < 4.78 is 0. The van der Waals surface area contributed by atoms with Gasteiger partial charge in [0.15, 0.2) is 0 Å². The molecule has 1 radical (unpaired) electrons. The second kappa shape index (κ2) is 2.20. The second-order valence-corrected chi connectivity index (χ2v) is 1.27. The van der Waals surface area contributed by atoms with Gasteiger partial charge in [0.2, 0.25) is 0 Å². The van der Waals surface area contributed by atoms with Crippen molar-refractivity contribution in [2.75, 3.05) is 6.67 Å². The lowest BCUT2D eigenvalue weighted by molar-refractivity contribution is 0.493. The molecule has 0 bridgehead atoms. The summed E-state index contributed by atoms with van der Waals surface area (Å²) in [5, 5.41) is 0. The zero-order valence-corrected chi connectivity index (χ0v) is 4.11. The molecule has 1 aliphatic heterocycles. The van der Waals surface area contributed by atoms with Gasteiger partial charge in [-0.2, -0.15) is 0 Å². The molecule has 1 heterocycles. The van der Waals surface area contributed by atoms with Crippen molar-refractivity contribution in [1.29, 1.82) is 0 Å². The number of nitrogens with zero attached hydrogens (tertiary/aromatic N) is 3. The molecule has 1 amide bonds. The molecule has 0 spiro atoms. The van der Waals surface area contributed by atoms with Crippen LogP contribution in [0.1, 0.15) is 0 Å². The Morgan fingerprint density at radius 3 is 3.00 bits per heavy atom. The molecule has 0 fully saturated rings. The average molecular weight is 110 g/mol. The lowest BCUT2D eigenvalue weighted by Gasteiger charge is -2.06. The molecule has 4 heteroatoms. The number of hydrogen-bond acceptors (Lipinski definition) is 3. The highest BCUT2D eigenvalue weighted by Gasteiger charge is 1.96. The van der Waals surface area contributed by atoms with Crippen molar-refractivity contribution >= 4 is 19.1 Å². The Hall–Kier alpha value is -1.19. The summed E-state index contributed by atoms with van der Waals surface area (Å²) in [6.07, 6.45) is 4.40. The molecule has 0 saturated carbocycles. The molecular formula is C4H4N3O. The monoisotopic (exact) mass is 110 g/mol. The maximum Gasteiger partial charge on any atom is 0.319 e. The van der Waals surface area contributed by atoms with Crippen LogP contribution < -0.4 is 0 Å². The molecule has 0 aromatic carbocycles. The Morgan fingerprint density at radius 1 is 1.75 bits per heavy atom. The highest BCUT2D eigenvalue weighted by molar-refractivity contribution is 5.80. The molecule has 0 atom stereocenters. The van der Waals surface area contributed by atoms with Gasteiger partial charge in [-0.05, 0) is 0 Å². The van der Waals surface area contributed by atoms with E-state index in [4.69, 9.17) is 0 Å². The number of rotatable bonds is 1. The van der Waals surface area contributed by atoms with Gasteiger partial charge in [0.1, 0.15) is 19.3 Å². The first-order valence-corrected chi connectivity index (χ1v) is 2.09. The van der Waals surface area contributed by atoms with Crippen molar-refractivity contribution in [2.24, 2.45) is 9.98 Å². The molecule has 0 aromatic rings. The number of aliphatic imine (C=N–C) groups is 2. The Kier molecular flexibility index (Phi) is 1.37. The number of carbonyl (C=O) groups excluding carboxylic acids is 1. The Labute approximate surface area is 46.5 Å². The van der Waals surface area contributed by atoms with Crippen LogP contribution in [0.15, 0.2) is 9.98 Å². The van der Waals surface area contributed by atoms with Gasteiger partial charge >= 0.3 is 6.41 Å². The topological polar surface area (TPSA) is 45.0 Å². The summed E-state index contributed by atoms with van der Waals surface area (Å²) in [6, 6.07) is 0. The summed E-state index contributed by atoms with van der Waals surface area (Å²) in [7, 11) is 0. The van der Waals surface area contributed by atoms with E-state index in [-0.39, 0.29) is 0 Å². The van der Waals surface area contributed by atoms with E-state index in [0.717, 1.165) is 0 Å². The Morgan fingerprint density at radius 2 is 2.62 bits per heavy atom.